The number of rotatable bonds is 3. The van der Waals surface area contributed by atoms with Gasteiger partial charge in [0, 0.05) is 17.8 Å². The molecule has 1 heterocycles. The van der Waals surface area contributed by atoms with Crippen LogP contribution in [0.3, 0.4) is 0 Å². The predicted molar refractivity (Wildman–Crippen MR) is 50.4 cm³/mol. The second-order valence-corrected chi connectivity index (χ2v) is 3.48. The Morgan fingerprint density at radius 3 is 3.00 bits per heavy atom. The van der Waals surface area contributed by atoms with Gasteiger partial charge in [-0.2, -0.15) is 0 Å². The molecule has 0 spiro atoms. The first-order chi connectivity index (χ1) is 6.33. The lowest BCUT2D eigenvalue weighted by Gasteiger charge is -2.13. The smallest absolute Gasteiger partial charge is 0.141 e. The van der Waals surface area contributed by atoms with E-state index in [4.69, 9.17) is 10.5 Å². The summed E-state index contributed by atoms with van der Waals surface area (Å²) in [5.41, 5.74) is 7.15. The van der Waals surface area contributed by atoms with Crippen LogP contribution >= 0.6 is 0 Å². The third-order valence-corrected chi connectivity index (χ3v) is 2.53. The Labute approximate surface area is 77.9 Å². The summed E-state index contributed by atoms with van der Waals surface area (Å²) >= 11 is 0. The summed E-state index contributed by atoms with van der Waals surface area (Å²) in [6.07, 6.45) is 5.97. The molecule has 2 N–H and O–H groups in total. The highest BCUT2D eigenvalue weighted by Gasteiger charge is 2.30. The highest BCUT2D eigenvalue weighted by molar-refractivity contribution is 5.33. The van der Waals surface area contributed by atoms with Crippen LogP contribution in [0.4, 0.5) is 0 Å². The maximum absolute atomic E-state index is 6.07. The minimum absolute atomic E-state index is 0.123. The van der Waals surface area contributed by atoms with Crippen molar-refractivity contribution in [1.82, 2.24) is 4.98 Å². The minimum Gasteiger partial charge on any atom is -0.495 e. The zero-order chi connectivity index (χ0) is 9.26. The molecule has 2 rings (SSSR count). The Morgan fingerprint density at radius 1 is 1.62 bits per heavy atom. The van der Waals surface area contributed by atoms with Gasteiger partial charge >= 0.3 is 0 Å². The second kappa shape index (κ2) is 3.34. The van der Waals surface area contributed by atoms with Crippen molar-refractivity contribution < 1.29 is 4.74 Å². The van der Waals surface area contributed by atoms with Crippen LogP contribution in [0.2, 0.25) is 0 Å². The largest absolute Gasteiger partial charge is 0.495 e. The summed E-state index contributed by atoms with van der Waals surface area (Å²) in [4.78, 5) is 4.00. The summed E-state index contributed by atoms with van der Waals surface area (Å²) in [6, 6.07) is 2.07. The minimum atomic E-state index is 0.123. The molecule has 0 bridgehead atoms. The van der Waals surface area contributed by atoms with Gasteiger partial charge in [-0.05, 0) is 24.8 Å². The summed E-state index contributed by atoms with van der Waals surface area (Å²) in [5, 5.41) is 0. The summed E-state index contributed by atoms with van der Waals surface area (Å²) in [7, 11) is 1.65. The van der Waals surface area contributed by atoms with E-state index in [0.29, 0.717) is 5.92 Å². The second-order valence-electron chi connectivity index (χ2n) is 3.48. The number of methoxy groups -OCH3 is 1. The maximum Gasteiger partial charge on any atom is 0.141 e. The average Bonchev–Trinajstić information content (AvgIpc) is 3.00. The number of ether oxygens (including phenoxy) is 1. The van der Waals surface area contributed by atoms with Crippen LogP contribution in [-0.4, -0.2) is 12.1 Å². The molecule has 3 heteroatoms. The molecule has 1 saturated carbocycles. The van der Waals surface area contributed by atoms with Gasteiger partial charge in [0.25, 0.3) is 0 Å². The molecule has 3 nitrogen and oxygen atoms in total. The molecule has 0 saturated heterocycles. The fraction of sp³-hybridized carbons (Fsp3) is 0.500. The van der Waals surface area contributed by atoms with Crippen molar-refractivity contribution in [2.24, 2.45) is 11.7 Å². The number of aromatic nitrogens is 1. The van der Waals surface area contributed by atoms with Crippen molar-refractivity contribution in [2.45, 2.75) is 18.9 Å². The lowest BCUT2D eigenvalue weighted by molar-refractivity contribution is 0.401. The van der Waals surface area contributed by atoms with Gasteiger partial charge < -0.3 is 10.5 Å². The van der Waals surface area contributed by atoms with Crippen molar-refractivity contribution in [3.8, 4) is 5.75 Å². The third kappa shape index (κ3) is 1.65. The molecule has 0 unspecified atom stereocenters. The first kappa shape index (κ1) is 8.51. The van der Waals surface area contributed by atoms with Crippen LogP contribution in [0.15, 0.2) is 18.5 Å². The molecule has 0 aromatic carbocycles. The van der Waals surface area contributed by atoms with E-state index in [2.05, 4.69) is 4.98 Å². The Hall–Kier alpha value is -1.09. The molecular formula is C10H14N2O. The quantitative estimate of drug-likeness (QED) is 0.763. The average molecular weight is 178 g/mol. The van der Waals surface area contributed by atoms with Gasteiger partial charge in [-0.1, -0.05) is 0 Å². The fourth-order valence-electron chi connectivity index (χ4n) is 1.55. The van der Waals surface area contributed by atoms with Crippen molar-refractivity contribution in [3.63, 3.8) is 0 Å². The molecule has 1 aromatic rings. The summed E-state index contributed by atoms with van der Waals surface area (Å²) < 4.78 is 5.20. The van der Waals surface area contributed by atoms with E-state index in [1.165, 1.54) is 12.8 Å². The highest BCUT2D eigenvalue weighted by Crippen LogP contribution is 2.41. The lowest BCUT2D eigenvalue weighted by Crippen LogP contribution is -2.13. The van der Waals surface area contributed by atoms with Crippen molar-refractivity contribution in [3.05, 3.63) is 24.0 Å². The van der Waals surface area contributed by atoms with E-state index < -0.39 is 0 Å². The lowest BCUT2D eigenvalue weighted by atomic mass is 10.0. The van der Waals surface area contributed by atoms with Crippen LogP contribution in [0.25, 0.3) is 0 Å². The molecule has 1 atom stereocenters. The van der Waals surface area contributed by atoms with Gasteiger partial charge in [0.05, 0.1) is 13.3 Å². The van der Waals surface area contributed by atoms with Crippen LogP contribution < -0.4 is 10.5 Å². The summed E-state index contributed by atoms with van der Waals surface area (Å²) in [5.74, 6) is 1.46. The summed E-state index contributed by atoms with van der Waals surface area (Å²) in [6.45, 7) is 0. The molecule has 1 fully saturated rings. The molecule has 0 aliphatic heterocycles. The number of pyridine rings is 1. The third-order valence-electron chi connectivity index (χ3n) is 2.53. The fourth-order valence-corrected chi connectivity index (χ4v) is 1.55. The van der Waals surface area contributed by atoms with Gasteiger partial charge in [-0.25, -0.2) is 0 Å². The molecular weight excluding hydrogens is 164 g/mol. The molecule has 70 valence electrons. The van der Waals surface area contributed by atoms with Gasteiger partial charge in [-0.3, -0.25) is 4.98 Å². The normalized spacial score (nSPS) is 18.3. The van der Waals surface area contributed by atoms with Gasteiger partial charge in [0.15, 0.2) is 0 Å². The Kier molecular flexibility index (Phi) is 2.19. The molecule has 13 heavy (non-hydrogen) atoms. The zero-order valence-electron chi connectivity index (χ0n) is 7.73. The van der Waals surface area contributed by atoms with Gasteiger partial charge in [0.2, 0.25) is 0 Å². The van der Waals surface area contributed by atoms with Crippen LogP contribution in [-0.2, 0) is 0 Å². The van der Waals surface area contributed by atoms with Gasteiger partial charge in [-0.15, -0.1) is 0 Å². The number of nitrogens with two attached hydrogens (primary N) is 1. The van der Waals surface area contributed by atoms with Crippen molar-refractivity contribution in [2.75, 3.05) is 7.11 Å². The topological polar surface area (TPSA) is 48.1 Å². The first-order valence-corrected chi connectivity index (χ1v) is 4.56. The number of nitrogens with zero attached hydrogens (tertiary/aromatic N) is 1. The molecule has 1 aromatic heterocycles. The van der Waals surface area contributed by atoms with E-state index in [1.54, 1.807) is 19.5 Å². The number of hydrogen-bond donors (Lipinski definition) is 1. The van der Waals surface area contributed by atoms with Crippen LogP contribution in [0.5, 0.6) is 5.75 Å². The van der Waals surface area contributed by atoms with Crippen LogP contribution in [0, 0.1) is 5.92 Å². The van der Waals surface area contributed by atoms with Crippen molar-refractivity contribution in [1.29, 1.82) is 0 Å². The first-order valence-electron chi connectivity index (χ1n) is 4.56. The van der Waals surface area contributed by atoms with Crippen LogP contribution in [0.1, 0.15) is 24.4 Å². The van der Waals surface area contributed by atoms with E-state index in [1.807, 2.05) is 6.07 Å². The highest BCUT2D eigenvalue weighted by atomic mass is 16.5. The van der Waals surface area contributed by atoms with E-state index in [-0.39, 0.29) is 6.04 Å². The SMILES string of the molecule is COc1cnccc1[C@@H](N)C1CC1. The predicted octanol–water partition coefficient (Wildman–Crippen LogP) is 1.50. The van der Waals surface area contributed by atoms with E-state index >= 15 is 0 Å². The molecule has 0 radical (unpaired) electrons. The van der Waals surface area contributed by atoms with Gasteiger partial charge in [0.1, 0.15) is 5.75 Å². The molecule has 1 aliphatic rings. The van der Waals surface area contributed by atoms with E-state index in [0.717, 1.165) is 11.3 Å². The zero-order valence-corrected chi connectivity index (χ0v) is 7.73. The molecule has 1 aliphatic carbocycles. The number of hydrogen-bond acceptors (Lipinski definition) is 3. The monoisotopic (exact) mass is 178 g/mol. The Balaban J connectivity index is 2.26. The Morgan fingerprint density at radius 2 is 2.38 bits per heavy atom. The van der Waals surface area contributed by atoms with Crippen molar-refractivity contribution >= 4 is 0 Å². The van der Waals surface area contributed by atoms with E-state index in [9.17, 15) is 0 Å². The standard InChI is InChI=1S/C10H14N2O/c1-13-9-6-12-5-4-8(9)10(11)7-2-3-7/h4-7,10H,2-3,11H2,1H3/t10-/m0/s1. The maximum atomic E-state index is 6.07. The molecule has 0 amide bonds. The Bertz CT molecular complexity index is 297.